The quantitative estimate of drug-likeness (QED) is 0.723. The first-order chi connectivity index (χ1) is 11.2. The molecule has 1 atom stereocenters. The monoisotopic (exact) mass is 337 g/mol. The van der Waals surface area contributed by atoms with E-state index in [0.717, 1.165) is 0 Å². The third-order valence-corrected chi connectivity index (χ3v) is 3.41. The number of carbonyl (C=O) groups is 2. The van der Waals surface area contributed by atoms with Crippen LogP contribution in [0.2, 0.25) is 0 Å². The molecule has 0 radical (unpaired) electrons. The summed E-state index contributed by atoms with van der Waals surface area (Å²) in [7, 11) is 1.54. The molecule has 134 valence electrons. The van der Waals surface area contributed by atoms with E-state index in [0.29, 0.717) is 23.5 Å². The first-order valence-corrected chi connectivity index (χ1v) is 8.10. The SMILES string of the molecule is COc1ccc(C(=O)NCC(CC(C)C)C(=O)O)c(OC(C)C)c1. The molecule has 2 N–H and O–H groups in total. The zero-order chi connectivity index (χ0) is 18.3. The van der Waals surface area contributed by atoms with E-state index < -0.39 is 11.9 Å². The highest BCUT2D eigenvalue weighted by atomic mass is 16.5. The summed E-state index contributed by atoms with van der Waals surface area (Å²) in [6, 6.07) is 4.94. The molecule has 1 unspecified atom stereocenters. The van der Waals surface area contributed by atoms with Gasteiger partial charge in [-0.05, 0) is 38.3 Å². The predicted molar refractivity (Wildman–Crippen MR) is 91.7 cm³/mol. The van der Waals surface area contributed by atoms with E-state index in [1.54, 1.807) is 18.2 Å². The van der Waals surface area contributed by atoms with E-state index in [9.17, 15) is 14.7 Å². The summed E-state index contributed by atoms with van der Waals surface area (Å²) < 4.78 is 10.8. The van der Waals surface area contributed by atoms with E-state index in [1.165, 1.54) is 7.11 Å². The van der Waals surface area contributed by atoms with Crippen molar-refractivity contribution in [3.8, 4) is 11.5 Å². The van der Waals surface area contributed by atoms with E-state index in [4.69, 9.17) is 9.47 Å². The molecule has 0 saturated carbocycles. The van der Waals surface area contributed by atoms with Crippen molar-refractivity contribution in [2.45, 2.75) is 40.2 Å². The summed E-state index contributed by atoms with van der Waals surface area (Å²) in [5.41, 5.74) is 0.359. The molecule has 0 aromatic heterocycles. The summed E-state index contributed by atoms with van der Waals surface area (Å²) >= 11 is 0. The normalized spacial score (nSPS) is 12.1. The molecule has 0 aliphatic rings. The van der Waals surface area contributed by atoms with Crippen LogP contribution in [0.15, 0.2) is 18.2 Å². The maximum absolute atomic E-state index is 12.4. The van der Waals surface area contributed by atoms with Crippen molar-refractivity contribution in [1.82, 2.24) is 5.32 Å². The molecular weight excluding hydrogens is 310 g/mol. The van der Waals surface area contributed by atoms with Crippen LogP contribution in [-0.2, 0) is 4.79 Å². The van der Waals surface area contributed by atoms with Crippen molar-refractivity contribution in [3.05, 3.63) is 23.8 Å². The van der Waals surface area contributed by atoms with E-state index in [-0.39, 0.29) is 24.5 Å². The molecule has 24 heavy (non-hydrogen) atoms. The van der Waals surface area contributed by atoms with Gasteiger partial charge in [-0.1, -0.05) is 13.8 Å². The number of hydrogen-bond acceptors (Lipinski definition) is 4. The van der Waals surface area contributed by atoms with Crippen LogP contribution >= 0.6 is 0 Å². The predicted octanol–water partition coefficient (Wildman–Crippen LogP) is 2.96. The lowest BCUT2D eigenvalue weighted by Crippen LogP contribution is -2.34. The van der Waals surface area contributed by atoms with Crippen molar-refractivity contribution < 1.29 is 24.2 Å². The fourth-order valence-electron chi connectivity index (χ4n) is 2.32. The number of nitrogens with one attached hydrogen (secondary N) is 1. The van der Waals surface area contributed by atoms with Crippen LogP contribution in [0.25, 0.3) is 0 Å². The number of methoxy groups -OCH3 is 1. The Bertz CT molecular complexity index is 569. The van der Waals surface area contributed by atoms with Gasteiger partial charge in [-0.3, -0.25) is 9.59 Å². The van der Waals surface area contributed by atoms with Gasteiger partial charge in [0.25, 0.3) is 5.91 Å². The van der Waals surface area contributed by atoms with Gasteiger partial charge < -0.3 is 19.9 Å². The molecule has 1 aromatic rings. The highest BCUT2D eigenvalue weighted by molar-refractivity contribution is 5.97. The van der Waals surface area contributed by atoms with Gasteiger partial charge >= 0.3 is 5.97 Å². The average molecular weight is 337 g/mol. The van der Waals surface area contributed by atoms with Gasteiger partial charge in [0, 0.05) is 12.6 Å². The van der Waals surface area contributed by atoms with E-state index >= 15 is 0 Å². The molecule has 0 heterocycles. The first-order valence-electron chi connectivity index (χ1n) is 8.10. The van der Waals surface area contributed by atoms with E-state index in [1.807, 2.05) is 27.7 Å². The number of hydrogen-bond donors (Lipinski definition) is 2. The highest BCUT2D eigenvalue weighted by Gasteiger charge is 2.21. The van der Waals surface area contributed by atoms with Crippen molar-refractivity contribution in [1.29, 1.82) is 0 Å². The molecule has 1 rings (SSSR count). The number of carboxylic acid groups (broad SMARTS) is 1. The number of aliphatic carboxylic acids is 1. The molecule has 0 saturated heterocycles. The second kappa shape index (κ2) is 9.15. The van der Waals surface area contributed by atoms with Crippen LogP contribution in [0.1, 0.15) is 44.5 Å². The van der Waals surface area contributed by atoms with Gasteiger partial charge in [0.2, 0.25) is 0 Å². The standard InChI is InChI=1S/C18H27NO5/c1-11(2)8-13(18(21)22)10-19-17(20)15-7-6-14(23-5)9-16(15)24-12(3)4/h6-7,9,11-13H,8,10H2,1-5H3,(H,19,20)(H,21,22). The Morgan fingerprint density at radius 2 is 1.88 bits per heavy atom. The topological polar surface area (TPSA) is 84.9 Å². The average Bonchev–Trinajstić information content (AvgIpc) is 2.49. The number of carbonyl (C=O) groups excluding carboxylic acids is 1. The Morgan fingerprint density at radius 3 is 2.38 bits per heavy atom. The van der Waals surface area contributed by atoms with Gasteiger partial charge in [-0.2, -0.15) is 0 Å². The molecule has 6 nitrogen and oxygen atoms in total. The number of carboxylic acids is 1. The zero-order valence-electron chi connectivity index (χ0n) is 15.0. The van der Waals surface area contributed by atoms with Gasteiger partial charge in [-0.25, -0.2) is 0 Å². The molecular formula is C18H27NO5. The Morgan fingerprint density at radius 1 is 1.21 bits per heavy atom. The molecule has 1 aromatic carbocycles. The van der Waals surface area contributed by atoms with Crippen LogP contribution in [0.3, 0.4) is 0 Å². The fraction of sp³-hybridized carbons (Fsp3) is 0.556. The smallest absolute Gasteiger partial charge is 0.308 e. The second-order valence-corrected chi connectivity index (χ2v) is 6.40. The van der Waals surface area contributed by atoms with Crippen molar-refractivity contribution in [2.24, 2.45) is 11.8 Å². The minimum absolute atomic E-state index is 0.0828. The number of rotatable bonds is 9. The Kier molecular flexibility index (Phi) is 7.55. The summed E-state index contributed by atoms with van der Waals surface area (Å²) in [6.07, 6.45) is 0.407. The van der Waals surface area contributed by atoms with Crippen LogP contribution in [-0.4, -0.2) is 36.7 Å². The summed E-state index contributed by atoms with van der Waals surface area (Å²) in [6.45, 7) is 7.72. The van der Waals surface area contributed by atoms with E-state index in [2.05, 4.69) is 5.32 Å². The molecule has 6 heteroatoms. The zero-order valence-corrected chi connectivity index (χ0v) is 15.0. The van der Waals surface area contributed by atoms with Crippen molar-refractivity contribution in [2.75, 3.05) is 13.7 Å². The lowest BCUT2D eigenvalue weighted by atomic mass is 9.97. The summed E-state index contributed by atoms with van der Waals surface area (Å²) in [5, 5.41) is 12.0. The summed E-state index contributed by atoms with van der Waals surface area (Å²) in [5.74, 6) is -0.630. The van der Waals surface area contributed by atoms with Crippen LogP contribution in [0.5, 0.6) is 11.5 Å². The molecule has 0 bridgehead atoms. The van der Waals surface area contributed by atoms with Gasteiger partial charge in [0.05, 0.1) is 24.7 Å². The Balaban J connectivity index is 2.88. The largest absolute Gasteiger partial charge is 0.497 e. The van der Waals surface area contributed by atoms with Crippen LogP contribution in [0, 0.1) is 11.8 Å². The lowest BCUT2D eigenvalue weighted by molar-refractivity contribution is -0.142. The number of benzene rings is 1. The maximum atomic E-state index is 12.4. The lowest BCUT2D eigenvalue weighted by Gasteiger charge is -2.18. The van der Waals surface area contributed by atoms with Crippen LogP contribution < -0.4 is 14.8 Å². The Hall–Kier alpha value is -2.24. The number of ether oxygens (including phenoxy) is 2. The first kappa shape index (κ1) is 19.8. The molecule has 0 aliphatic heterocycles. The van der Waals surface area contributed by atoms with Gasteiger partial charge in [0.1, 0.15) is 11.5 Å². The van der Waals surface area contributed by atoms with Gasteiger partial charge in [0.15, 0.2) is 0 Å². The van der Waals surface area contributed by atoms with Crippen molar-refractivity contribution in [3.63, 3.8) is 0 Å². The fourth-order valence-corrected chi connectivity index (χ4v) is 2.32. The molecule has 1 amide bonds. The molecule has 0 fully saturated rings. The molecule has 0 aliphatic carbocycles. The third kappa shape index (κ3) is 6.10. The summed E-state index contributed by atoms with van der Waals surface area (Å²) in [4.78, 5) is 23.7. The second-order valence-electron chi connectivity index (χ2n) is 6.40. The number of amides is 1. The van der Waals surface area contributed by atoms with Gasteiger partial charge in [-0.15, -0.1) is 0 Å². The minimum Gasteiger partial charge on any atom is -0.497 e. The highest BCUT2D eigenvalue weighted by Crippen LogP contribution is 2.26. The maximum Gasteiger partial charge on any atom is 0.308 e. The minimum atomic E-state index is -0.905. The van der Waals surface area contributed by atoms with Crippen LogP contribution in [0.4, 0.5) is 0 Å². The Labute approximate surface area is 143 Å². The third-order valence-electron chi connectivity index (χ3n) is 3.41. The molecule has 0 spiro atoms. The van der Waals surface area contributed by atoms with Crippen molar-refractivity contribution >= 4 is 11.9 Å².